The van der Waals surface area contributed by atoms with Gasteiger partial charge >= 0.3 is 0 Å². The van der Waals surface area contributed by atoms with Crippen LogP contribution < -0.4 is 11.1 Å². The van der Waals surface area contributed by atoms with Crippen LogP contribution in [0.5, 0.6) is 5.75 Å². The standard InChI is InChI=1S/C18H16N4O2/c1-11-5-7-12(8-6-11)15-10-20-18(16(22-15)17(19)24)21-13-3-2-4-14(23)9-13/h2-10,23H,1H3,(H2,19,24)(H,20,21). The third kappa shape index (κ3) is 3.33. The average Bonchev–Trinajstić information content (AvgIpc) is 2.56. The van der Waals surface area contributed by atoms with Gasteiger partial charge in [0.25, 0.3) is 5.91 Å². The van der Waals surface area contributed by atoms with Crippen molar-refractivity contribution in [2.24, 2.45) is 5.73 Å². The Labute approximate surface area is 139 Å². The number of primary amides is 1. The quantitative estimate of drug-likeness (QED) is 0.686. The van der Waals surface area contributed by atoms with Crippen LogP contribution in [-0.4, -0.2) is 21.0 Å². The Morgan fingerprint density at radius 2 is 1.92 bits per heavy atom. The number of amides is 1. The van der Waals surface area contributed by atoms with Gasteiger partial charge in [-0.25, -0.2) is 9.97 Å². The number of aryl methyl sites for hydroxylation is 1. The summed E-state index contributed by atoms with van der Waals surface area (Å²) in [5.74, 6) is -0.340. The van der Waals surface area contributed by atoms with Gasteiger partial charge in [-0.05, 0) is 19.1 Å². The zero-order chi connectivity index (χ0) is 17.1. The maximum absolute atomic E-state index is 11.7. The van der Waals surface area contributed by atoms with Crippen LogP contribution >= 0.6 is 0 Å². The second-order valence-corrected chi connectivity index (χ2v) is 5.36. The van der Waals surface area contributed by atoms with Crippen molar-refractivity contribution in [3.8, 4) is 17.0 Å². The SMILES string of the molecule is Cc1ccc(-c2cnc(Nc3cccc(O)c3)c(C(N)=O)n2)cc1. The number of carbonyl (C=O) groups excluding carboxylic acids is 1. The van der Waals surface area contributed by atoms with E-state index in [9.17, 15) is 9.90 Å². The number of phenols is 1. The Morgan fingerprint density at radius 1 is 1.17 bits per heavy atom. The second kappa shape index (κ2) is 6.37. The number of hydrogen-bond donors (Lipinski definition) is 3. The number of anilines is 2. The molecule has 4 N–H and O–H groups in total. The Bertz CT molecular complexity index is 892. The lowest BCUT2D eigenvalue weighted by atomic mass is 10.1. The van der Waals surface area contributed by atoms with E-state index in [2.05, 4.69) is 15.3 Å². The number of hydrogen-bond acceptors (Lipinski definition) is 5. The molecule has 0 atom stereocenters. The topological polar surface area (TPSA) is 101 Å². The predicted octanol–water partition coefficient (Wildman–Crippen LogP) is 3.00. The molecule has 2 aromatic carbocycles. The van der Waals surface area contributed by atoms with E-state index < -0.39 is 5.91 Å². The first kappa shape index (κ1) is 15.5. The molecule has 0 unspecified atom stereocenters. The fourth-order valence-electron chi connectivity index (χ4n) is 2.24. The summed E-state index contributed by atoms with van der Waals surface area (Å²) in [7, 11) is 0. The fourth-order valence-corrected chi connectivity index (χ4v) is 2.24. The van der Waals surface area contributed by atoms with Crippen molar-refractivity contribution in [2.75, 3.05) is 5.32 Å². The molecule has 0 aliphatic carbocycles. The predicted molar refractivity (Wildman–Crippen MR) is 92.1 cm³/mol. The van der Waals surface area contributed by atoms with Crippen LogP contribution in [-0.2, 0) is 0 Å². The van der Waals surface area contributed by atoms with Crippen molar-refractivity contribution in [2.45, 2.75) is 6.92 Å². The summed E-state index contributed by atoms with van der Waals surface area (Å²) < 4.78 is 0. The maximum atomic E-state index is 11.7. The molecule has 0 fully saturated rings. The number of phenolic OH excluding ortho intramolecular Hbond substituents is 1. The van der Waals surface area contributed by atoms with Crippen molar-refractivity contribution in [3.63, 3.8) is 0 Å². The molecule has 3 aromatic rings. The third-order valence-corrected chi connectivity index (χ3v) is 3.46. The van der Waals surface area contributed by atoms with Gasteiger partial charge in [0.15, 0.2) is 11.5 Å². The number of aromatic hydroxyl groups is 1. The van der Waals surface area contributed by atoms with E-state index in [-0.39, 0.29) is 17.3 Å². The molecule has 3 rings (SSSR count). The monoisotopic (exact) mass is 320 g/mol. The Morgan fingerprint density at radius 3 is 2.58 bits per heavy atom. The highest BCUT2D eigenvalue weighted by Gasteiger charge is 2.14. The molecule has 6 heteroatoms. The van der Waals surface area contributed by atoms with Crippen molar-refractivity contribution < 1.29 is 9.90 Å². The average molecular weight is 320 g/mol. The smallest absolute Gasteiger partial charge is 0.271 e. The van der Waals surface area contributed by atoms with E-state index in [0.29, 0.717) is 11.4 Å². The van der Waals surface area contributed by atoms with Crippen LogP contribution in [0.4, 0.5) is 11.5 Å². The lowest BCUT2D eigenvalue weighted by Gasteiger charge is -2.10. The first-order valence-corrected chi connectivity index (χ1v) is 7.33. The summed E-state index contributed by atoms with van der Waals surface area (Å²) in [6.07, 6.45) is 1.57. The first-order chi connectivity index (χ1) is 11.5. The minimum absolute atomic E-state index is 0.0383. The number of nitrogens with zero attached hydrogens (tertiary/aromatic N) is 2. The van der Waals surface area contributed by atoms with Gasteiger partial charge in [0.2, 0.25) is 0 Å². The van der Waals surface area contributed by atoms with Crippen LogP contribution in [0.25, 0.3) is 11.3 Å². The highest BCUT2D eigenvalue weighted by molar-refractivity contribution is 5.96. The van der Waals surface area contributed by atoms with Crippen LogP contribution in [0.1, 0.15) is 16.1 Å². The highest BCUT2D eigenvalue weighted by Crippen LogP contribution is 2.24. The van der Waals surface area contributed by atoms with Gasteiger partial charge in [-0.1, -0.05) is 35.9 Å². The molecule has 0 saturated heterocycles. The van der Waals surface area contributed by atoms with Crippen LogP contribution in [0, 0.1) is 6.92 Å². The lowest BCUT2D eigenvalue weighted by Crippen LogP contribution is -2.17. The molecule has 0 bridgehead atoms. The number of benzene rings is 2. The molecular weight excluding hydrogens is 304 g/mol. The number of aromatic nitrogens is 2. The van der Waals surface area contributed by atoms with Gasteiger partial charge < -0.3 is 16.2 Å². The Hall–Kier alpha value is -3.41. The van der Waals surface area contributed by atoms with Crippen LogP contribution in [0.3, 0.4) is 0 Å². The molecular formula is C18H16N4O2. The third-order valence-electron chi connectivity index (χ3n) is 3.46. The molecule has 1 heterocycles. The van der Waals surface area contributed by atoms with Gasteiger partial charge in [-0.15, -0.1) is 0 Å². The minimum Gasteiger partial charge on any atom is -0.508 e. The first-order valence-electron chi connectivity index (χ1n) is 7.33. The van der Waals surface area contributed by atoms with Crippen LogP contribution in [0.15, 0.2) is 54.7 Å². The molecule has 0 aliphatic heterocycles. The Kier molecular flexibility index (Phi) is 4.11. The summed E-state index contributed by atoms with van der Waals surface area (Å²) in [5.41, 5.74) is 8.59. The highest BCUT2D eigenvalue weighted by atomic mass is 16.3. The van der Waals surface area contributed by atoms with Crippen molar-refractivity contribution in [1.82, 2.24) is 9.97 Å². The summed E-state index contributed by atoms with van der Waals surface area (Å²) in [5, 5.41) is 12.5. The number of nitrogens with two attached hydrogens (primary N) is 1. The minimum atomic E-state index is -0.681. The molecule has 120 valence electrons. The Balaban J connectivity index is 1.98. The number of carbonyl (C=O) groups is 1. The number of rotatable bonds is 4. The van der Waals surface area contributed by atoms with Crippen molar-refractivity contribution in [3.05, 3.63) is 66.0 Å². The molecule has 1 aromatic heterocycles. The van der Waals surface area contributed by atoms with Gasteiger partial charge in [-0.2, -0.15) is 0 Å². The van der Waals surface area contributed by atoms with Crippen molar-refractivity contribution in [1.29, 1.82) is 0 Å². The molecule has 0 radical (unpaired) electrons. The summed E-state index contributed by atoms with van der Waals surface area (Å²) >= 11 is 0. The van der Waals surface area contributed by atoms with Gasteiger partial charge in [0, 0.05) is 17.3 Å². The zero-order valence-corrected chi connectivity index (χ0v) is 13.0. The summed E-state index contributed by atoms with van der Waals surface area (Å²) in [6.45, 7) is 1.99. The molecule has 24 heavy (non-hydrogen) atoms. The fraction of sp³-hybridized carbons (Fsp3) is 0.0556. The molecule has 1 amide bonds. The lowest BCUT2D eigenvalue weighted by molar-refractivity contribution is 0.0996. The second-order valence-electron chi connectivity index (χ2n) is 5.36. The van der Waals surface area contributed by atoms with E-state index in [1.165, 1.54) is 6.07 Å². The van der Waals surface area contributed by atoms with Gasteiger partial charge in [0.1, 0.15) is 5.75 Å². The van der Waals surface area contributed by atoms with E-state index in [1.54, 1.807) is 24.4 Å². The summed E-state index contributed by atoms with van der Waals surface area (Å²) in [4.78, 5) is 20.3. The molecule has 6 nitrogen and oxygen atoms in total. The van der Waals surface area contributed by atoms with E-state index in [1.807, 2.05) is 31.2 Å². The molecule has 0 saturated carbocycles. The summed E-state index contributed by atoms with van der Waals surface area (Å²) in [6, 6.07) is 14.2. The van der Waals surface area contributed by atoms with E-state index in [0.717, 1.165) is 11.1 Å². The molecule has 0 spiro atoms. The zero-order valence-electron chi connectivity index (χ0n) is 13.0. The van der Waals surface area contributed by atoms with Crippen LogP contribution in [0.2, 0.25) is 0 Å². The van der Waals surface area contributed by atoms with E-state index >= 15 is 0 Å². The normalized spacial score (nSPS) is 10.4. The largest absolute Gasteiger partial charge is 0.508 e. The van der Waals surface area contributed by atoms with Gasteiger partial charge in [-0.3, -0.25) is 4.79 Å². The number of nitrogens with one attached hydrogen (secondary N) is 1. The van der Waals surface area contributed by atoms with E-state index in [4.69, 9.17) is 5.73 Å². The molecule has 0 aliphatic rings. The maximum Gasteiger partial charge on any atom is 0.271 e. The van der Waals surface area contributed by atoms with Crippen molar-refractivity contribution >= 4 is 17.4 Å². The van der Waals surface area contributed by atoms with Gasteiger partial charge in [0.05, 0.1) is 11.9 Å².